The topological polar surface area (TPSA) is 53.3 Å². The van der Waals surface area contributed by atoms with E-state index in [1.165, 1.54) is 0 Å². The molecule has 1 aliphatic rings. The Kier molecular flexibility index (Phi) is 3.01. The molecule has 21 heavy (non-hydrogen) atoms. The van der Waals surface area contributed by atoms with Crippen molar-refractivity contribution in [3.63, 3.8) is 0 Å². The summed E-state index contributed by atoms with van der Waals surface area (Å²) in [5, 5.41) is 4.37. The zero-order valence-corrected chi connectivity index (χ0v) is 12.6. The summed E-state index contributed by atoms with van der Waals surface area (Å²) in [5.41, 5.74) is 2.32. The summed E-state index contributed by atoms with van der Waals surface area (Å²) < 4.78 is 12.9. The van der Waals surface area contributed by atoms with Crippen molar-refractivity contribution in [3.05, 3.63) is 35.5 Å². The summed E-state index contributed by atoms with van der Waals surface area (Å²) in [7, 11) is 1.83. The van der Waals surface area contributed by atoms with Gasteiger partial charge in [0, 0.05) is 12.6 Å². The van der Waals surface area contributed by atoms with E-state index in [1.54, 1.807) is 11.6 Å². The number of fused-ring (bicyclic) bond motifs is 3. The molecule has 0 bridgehead atoms. The lowest BCUT2D eigenvalue weighted by Gasteiger charge is -2.33. The Bertz CT molecular complexity index is 716. The minimum absolute atomic E-state index is 0.321. The quantitative estimate of drug-likeness (QED) is 0.797. The van der Waals surface area contributed by atoms with E-state index in [-0.39, 0.29) is 0 Å². The van der Waals surface area contributed by atoms with Crippen LogP contribution in [0.25, 0.3) is 11.3 Å². The van der Waals surface area contributed by atoms with Crippen molar-refractivity contribution in [2.24, 2.45) is 7.05 Å². The van der Waals surface area contributed by atoms with Crippen molar-refractivity contribution in [2.75, 3.05) is 6.61 Å². The van der Waals surface area contributed by atoms with Gasteiger partial charge in [-0.2, -0.15) is 5.10 Å². The second-order valence-electron chi connectivity index (χ2n) is 5.52. The smallest absolute Gasteiger partial charge is 0.359 e. The maximum absolute atomic E-state index is 12.2. The summed E-state index contributed by atoms with van der Waals surface area (Å²) in [6.45, 7) is 5.98. The molecule has 5 heteroatoms. The number of rotatable bonds is 2. The molecule has 2 aromatic rings. The monoisotopic (exact) mass is 286 g/mol. The second kappa shape index (κ2) is 4.62. The van der Waals surface area contributed by atoms with Crippen LogP contribution in [0, 0.1) is 0 Å². The van der Waals surface area contributed by atoms with Crippen LogP contribution in [0.4, 0.5) is 0 Å². The Morgan fingerprint density at radius 3 is 2.81 bits per heavy atom. The van der Waals surface area contributed by atoms with E-state index in [9.17, 15) is 4.79 Å². The van der Waals surface area contributed by atoms with Crippen molar-refractivity contribution in [1.29, 1.82) is 0 Å². The van der Waals surface area contributed by atoms with Gasteiger partial charge in [0.25, 0.3) is 0 Å². The molecule has 1 aromatic carbocycles. The number of nitrogens with zero attached hydrogens (tertiary/aromatic N) is 2. The molecule has 0 fully saturated rings. The first-order valence-corrected chi connectivity index (χ1v) is 6.98. The van der Waals surface area contributed by atoms with Gasteiger partial charge in [-0.25, -0.2) is 4.79 Å². The zero-order chi connectivity index (χ0) is 15.2. The summed E-state index contributed by atoms with van der Waals surface area (Å²) in [6, 6.07) is 7.78. The van der Waals surface area contributed by atoms with Crippen LogP contribution in [-0.2, 0) is 17.4 Å². The molecule has 0 unspecified atom stereocenters. The molecule has 0 aliphatic carbocycles. The highest BCUT2D eigenvalue weighted by atomic mass is 16.5. The van der Waals surface area contributed by atoms with Gasteiger partial charge in [-0.1, -0.05) is 12.1 Å². The Balaban J connectivity index is 2.27. The Hall–Kier alpha value is -2.30. The highest BCUT2D eigenvalue weighted by molar-refractivity contribution is 5.93. The van der Waals surface area contributed by atoms with Gasteiger partial charge in [0.2, 0.25) is 0 Å². The van der Waals surface area contributed by atoms with Gasteiger partial charge in [-0.05, 0) is 32.9 Å². The van der Waals surface area contributed by atoms with Gasteiger partial charge in [0.15, 0.2) is 5.69 Å². The highest BCUT2D eigenvalue weighted by Crippen LogP contribution is 2.46. The predicted molar refractivity (Wildman–Crippen MR) is 78.3 cm³/mol. The first kappa shape index (κ1) is 13.7. The number of ether oxygens (including phenoxy) is 2. The number of hydrogen-bond acceptors (Lipinski definition) is 4. The number of esters is 1. The average Bonchev–Trinajstić information content (AvgIpc) is 2.78. The van der Waals surface area contributed by atoms with Gasteiger partial charge < -0.3 is 9.47 Å². The molecule has 1 aromatic heterocycles. The predicted octanol–water partition coefficient (Wildman–Crippen LogP) is 2.89. The molecule has 1 aliphatic heterocycles. The molecule has 0 amide bonds. The third-order valence-electron chi connectivity index (χ3n) is 3.63. The Labute approximate surface area is 123 Å². The Morgan fingerprint density at radius 2 is 2.10 bits per heavy atom. The van der Waals surface area contributed by atoms with E-state index in [1.807, 2.05) is 45.2 Å². The summed E-state index contributed by atoms with van der Waals surface area (Å²) in [5.74, 6) is 0.388. The second-order valence-corrected chi connectivity index (χ2v) is 5.52. The third kappa shape index (κ3) is 2.00. The van der Waals surface area contributed by atoms with Gasteiger partial charge in [0.05, 0.1) is 17.9 Å². The zero-order valence-electron chi connectivity index (χ0n) is 12.6. The number of hydrogen-bond donors (Lipinski definition) is 0. The lowest BCUT2D eigenvalue weighted by atomic mass is 9.89. The fourth-order valence-electron chi connectivity index (χ4n) is 2.82. The highest BCUT2D eigenvalue weighted by Gasteiger charge is 2.40. The fourth-order valence-corrected chi connectivity index (χ4v) is 2.82. The fraction of sp³-hybridized carbons (Fsp3) is 0.375. The van der Waals surface area contributed by atoms with Crippen molar-refractivity contribution < 1.29 is 14.3 Å². The van der Waals surface area contributed by atoms with Gasteiger partial charge in [0.1, 0.15) is 11.4 Å². The molecule has 2 heterocycles. The molecule has 3 rings (SSSR count). The largest absolute Gasteiger partial charge is 0.482 e. The van der Waals surface area contributed by atoms with Gasteiger partial charge >= 0.3 is 5.97 Å². The molecule has 0 atom stereocenters. The van der Waals surface area contributed by atoms with Crippen LogP contribution in [0.1, 0.15) is 36.8 Å². The number of carbonyl (C=O) groups is 1. The van der Waals surface area contributed by atoms with E-state index in [2.05, 4.69) is 5.10 Å². The third-order valence-corrected chi connectivity index (χ3v) is 3.63. The number of aromatic nitrogens is 2. The van der Waals surface area contributed by atoms with E-state index in [0.29, 0.717) is 12.3 Å². The molecule has 5 nitrogen and oxygen atoms in total. The minimum atomic E-state index is -0.639. The summed E-state index contributed by atoms with van der Waals surface area (Å²) in [6.07, 6.45) is 0. The molecular weight excluding hydrogens is 268 g/mol. The molecular formula is C16H18N2O3. The Morgan fingerprint density at radius 1 is 1.38 bits per heavy atom. The SMILES string of the molecule is CCOC(=O)c1nn(C)c2c1C(C)(C)Oc1ccccc1-2. The van der Waals surface area contributed by atoms with Crippen LogP contribution in [0.2, 0.25) is 0 Å². The molecule has 0 saturated heterocycles. The first-order valence-electron chi connectivity index (χ1n) is 6.98. The minimum Gasteiger partial charge on any atom is -0.482 e. The average molecular weight is 286 g/mol. The van der Waals surface area contributed by atoms with Crippen LogP contribution in [0.3, 0.4) is 0 Å². The van der Waals surface area contributed by atoms with Gasteiger partial charge in [-0.15, -0.1) is 0 Å². The number of aryl methyl sites for hydroxylation is 1. The summed E-state index contributed by atoms with van der Waals surface area (Å²) >= 11 is 0. The van der Waals surface area contributed by atoms with Crippen molar-refractivity contribution in [1.82, 2.24) is 9.78 Å². The normalized spacial score (nSPS) is 14.9. The molecule has 0 spiro atoms. The standard InChI is InChI=1S/C16H18N2O3/c1-5-20-15(19)13-12-14(18(4)17-13)10-8-6-7-9-11(10)21-16(12,2)3/h6-9H,5H2,1-4H3. The lowest BCUT2D eigenvalue weighted by Crippen LogP contribution is -2.31. The molecule has 0 N–H and O–H groups in total. The number of benzene rings is 1. The summed E-state index contributed by atoms with van der Waals surface area (Å²) in [4.78, 5) is 12.2. The molecule has 0 radical (unpaired) electrons. The first-order chi connectivity index (χ1) is 9.95. The maximum Gasteiger partial charge on any atom is 0.359 e. The van der Waals surface area contributed by atoms with E-state index in [0.717, 1.165) is 22.6 Å². The van der Waals surface area contributed by atoms with Crippen LogP contribution in [-0.4, -0.2) is 22.4 Å². The molecule has 0 saturated carbocycles. The van der Waals surface area contributed by atoms with Crippen LogP contribution in [0.15, 0.2) is 24.3 Å². The van der Waals surface area contributed by atoms with Crippen molar-refractivity contribution in [3.8, 4) is 17.0 Å². The number of para-hydroxylation sites is 1. The van der Waals surface area contributed by atoms with Crippen LogP contribution < -0.4 is 4.74 Å². The van der Waals surface area contributed by atoms with Crippen molar-refractivity contribution in [2.45, 2.75) is 26.4 Å². The van der Waals surface area contributed by atoms with Crippen LogP contribution >= 0.6 is 0 Å². The lowest BCUT2D eigenvalue weighted by molar-refractivity contribution is 0.0499. The van der Waals surface area contributed by atoms with Crippen LogP contribution in [0.5, 0.6) is 5.75 Å². The maximum atomic E-state index is 12.2. The van der Waals surface area contributed by atoms with E-state index >= 15 is 0 Å². The van der Waals surface area contributed by atoms with Crippen molar-refractivity contribution >= 4 is 5.97 Å². The molecule has 110 valence electrons. The van der Waals surface area contributed by atoms with Gasteiger partial charge in [-0.3, -0.25) is 4.68 Å². The van der Waals surface area contributed by atoms with E-state index < -0.39 is 11.6 Å². The van der Waals surface area contributed by atoms with E-state index in [4.69, 9.17) is 9.47 Å². The number of carbonyl (C=O) groups excluding carboxylic acids is 1.